The third-order valence-corrected chi connectivity index (χ3v) is 3.19. The van der Waals surface area contributed by atoms with Gasteiger partial charge in [0.05, 0.1) is 4.92 Å². The van der Waals surface area contributed by atoms with Crippen LogP contribution in [0.15, 0.2) is 48.8 Å². The van der Waals surface area contributed by atoms with Crippen LogP contribution in [0, 0.1) is 10.1 Å². The number of nitrogens with zero attached hydrogens (tertiary/aromatic N) is 2. The highest BCUT2D eigenvalue weighted by atomic mass is 16.6. The van der Waals surface area contributed by atoms with Gasteiger partial charge in [-0.3, -0.25) is 15.1 Å². The number of rotatable bonds is 6. The van der Waals surface area contributed by atoms with Gasteiger partial charge in [0.15, 0.2) is 0 Å². The van der Waals surface area contributed by atoms with Crippen molar-refractivity contribution in [2.45, 2.75) is 19.4 Å². The molecular formula is C15H17N3O2. The van der Waals surface area contributed by atoms with Crippen LogP contribution < -0.4 is 5.32 Å². The molecule has 0 spiro atoms. The Balaban J connectivity index is 1.90. The Morgan fingerprint density at radius 1 is 1.30 bits per heavy atom. The number of aromatic nitrogens is 1. The van der Waals surface area contributed by atoms with Gasteiger partial charge in [0, 0.05) is 30.6 Å². The Morgan fingerprint density at radius 2 is 2.05 bits per heavy atom. The van der Waals surface area contributed by atoms with E-state index in [0.29, 0.717) is 0 Å². The van der Waals surface area contributed by atoms with Crippen LogP contribution >= 0.6 is 0 Å². The lowest BCUT2D eigenvalue weighted by atomic mass is 10.1. The van der Waals surface area contributed by atoms with E-state index in [2.05, 4.69) is 10.3 Å². The van der Waals surface area contributed by atoms with E-state index in [9.17, 15) is 10.1 Å². The Labute approximate surface area is 117 Å². The van der Waals surface area contributed by atoms with Crippen LogP contribution in [-0.4, -0.2) is 16.5 Å². The molecule has 5 nitrogen and oxygen atoms in total. The fourth-order valence-electron chi connectivity index (χ4n) is 2.01. The summed E-state index contributed by atoms with van der Waals surface area (Å²) in [6.07, 6.45) is 4.46. The lowest BCUT2D eigenvalue weighted by molar-refractivity contribution is -0.384. The molecule has 1 N–H and O–H groups in total. The number of nitrogens with one attached hydrogen (secondary N) is 1. The van der Waals surface area contributed by atoms with Crippen molar-refractivity contribution < 1.29 is 4.92 Å². The van der Waals surface area contributed by atoms with E-state index in [1.807, 2.05) is 25.1 Å². The first-order valence-electron chi connectivity index (χ1n) is 6.53. The van der Waals surface area contributed by atoms with Gasteiger partial charge in [0.2, 0.25) is 0 Å². The molecule has 104 valence electrons. The van der Waals surface area contributed by atoms with E-state index < -0.39 is 0 Å². The monoisotopic (exact) mass is 271 g/mol. The largest absolute Gasteiger partial charge is 0.310 e. The van der Waals surface area contributed by atoms with Crippen molar-refractivity contribution in [3.8, 4) is 0 Å². The fraction of sp³-hybridized carbons (Fsp3) is 0.267. The maximum Gasteiger partial charge on any atom is 0.269 e. The number of nitro groups is 1. The molecule has 1 aromatic carbocycles. The Hall–Kier alpha value is -2.27. The second kappa shape index (κ2) is 6.77. The summed E-state index contributed by atoms with van der Waals surface area (Å²) in [6, 6.07) is 10.8. The summed E-state index contributed by atoms with van der Waals surface area (Å²) in [5.41, 5.74) is 2.28. The smallest absolute Gasteiger partial charge is 0.269 e. The Morgan fingerprint density at radius 3 is 2.75 bits per heavy atom. The first-order valence-corrected chi connectivity index (χ1v) is 6.53. The van der Waals surface area contributed by atoms with Gasteiger partial charge < -0.3 is 5.32 Å². The molecule has 20 heavy (non-hydrogen) atoms. The number of hydrogen-bond acceptors (Lipinski definition) is 4. The molecule has 1 unspecified atom stereocenters. The maximum atomic E-state index is 10.8. The van der Waals surface area contributed by atoms with Crippen LogP contribution in [0.3, 0.4) is 0 Å². The summed E-state index contributed by atoms with van der Waals surface area (Å²) in [5, 5.41) is 14.1. The number of benzene rings is 1. The zero-order chi connectivity index (χ0) is 14.4. The normalized spacial score (nSPS) is 12.1. The molecule has 1 heterocycles. The fourth-order valence-corrected chi connectivity index (χ4v) is 2.01. The van der Waals surface area contributed by atoms with Crippen molar-refractivity contribution in [2.24, 2.45) is 0 Å². The quantitative estimate of drug-likeness (QED) is 0.648. The van der Waals surface area contributed by atoms with E-state index >= 15 is 0 Å². The van der Waals surface area contributed by atoms with Crippen molar-refractivity contribution in [1.29, 1.82) is 0 Å². The molecule has 0 radical (unpaired) electrons. The van der Waals surface area contributed by atoms with Crippen molar-refractivity contribution in [3.05, 3.63) is 70.0 Å². The molecule has 1 atom stereocenters. The summed E-state index contributed by atoms with van der Waals surface area (Å²) >= 11 is 0. The standard InChI is InChI=1S/C15H17N3O2/c1-12(14-3-2-4-15(11-14)18(19)20)17-10-7-13-5-8-16-9-6-13/h2-6,8-9,11-12,17H,7,10H2,1H3. The van der Waals surface area contributed by atoms with Gasteiger partial charge >= 0.3 is 0 Å². The van der Waals surface area contributed by atoms with Crippen molar-refractivity contribution in [2.75, 3.05) is 6.54 Å². The van der Waals surface area contributed by atoms with Crippen LogP contribution in [0.2, 0.25) is 0 Å². The number of non-ortho nitro benzene ring substituents is 1. The Kier molecular flexibility index (Phi) is 4.79. The average molecular weight is 271 g/mol. The van der Waals surface area contributed by atoms with Gasteiger partial charge in [-0.05, 0) is 43.1 Å². The van der Waals surface area contributed by atoms with Crippen molar-refractivity contribution >= 4 is 5.69 Å². The van der Waals surface area contributed by atoms with E-state index in [0.717, 1.165) is 18.5 Å². The minimum atomic E-state index is -0.368. The summed E-state index contributed by atoms with van der Waals surface area (Å²) in [6.45, 7) is 2.82. The maximum absolute atomic E-state index is 10.8. The van der Waals surface area contributed by atoms with E-state index in [1.54, 1.807) is 24.5 Å². The van der Waals surface area contributed by atoms with Crippen LogP contribution in [0.5, 0.6) is 0 Å². The first-order chi connectivity index (χ1) is 9.66. The molecule has 0 bridgehead atoms. The highest BCUT2D eigenvalue weighted by Gasteiger charge is 2.10. The topological polar surface area (TPSA) is 68.1 Å². The van der Waals surface area contributed by atoms with Gasteiger partial charge in [0.25, 0.3) is 5.69 Å². The first kappa shape index (κ1) is 14.1. The van der Waals surface area contributed by atoms with Crippen LogP contribution in [0.1, 0.15) is 24.1 Å². The highest BCUT2D eigenvalue weighted by Crippen LogP contribution is 2.18. The van der Waals surface area contributed by atoms with Gasteiger partial charge in [-0.2, -0.15) is 0 Å². The Bertz CT molecular complexity index is 572. The second-order valence-corrected chi connectivity index (χ2v) is 4.63. The van der Waals surface area contributed by atoms with Gasteiger partial charge in [-0.1, -0.05) is 12.1 Å². The molecule has 0 amide bonds. The molecule has 0 fully saturated rings. The predicted molar refractivity (Wildman–Crippen MR) is 77.5 cm³/mol. The van der Waals surface area contributed by atoms with Gasteiger partial charge in [-0.25, -0.2) is 0 Å². The zero-order valence-electron chi connectivity index (χ0n) is 11.3. The van der Waals surface area contributed by atoms with Crippen LogP contribution in [0.25, 0.3) is 0 Å². The van der Waals surface area contributed by atoms with Crippen LogP contribution in [0.4, 0.5) is 5.69 Å². The molecule has 2 aromatic rings. The second-order valence-electron chi connectivity index (χ2n) is 4.63. The number of nitro benzene ring substituents is 1. The van der Waals surface area contributed by atoms with Crippen LogP contribution in [-0.2, 0) is 6.42 Å². The van der Waals surface area contributed by atoms with E-state index in [4.69, 9.17) is 0 Å². The minimum absolute atomic E-state index is 0.0803. The molecule has 0 aliphatic rings. The molecule has 0 aliphatic carbocycles. The summed E-state index contributed by atoms with van der Waals surface area (Å²) in [5.74, 6) is 0. The minimum Gasteiger partial charge on any atom is -0.310 e. The molecule has 1 aromatic heterocycles. The average Bonchev–Trinajstić information content (AvgIpc) is 2.48. The molecule has 0 saturated heterocycles. The lowest BCUT2D eigenvalue weighted by Gasteiger charge is -2.14. The molecule has 0 aliphatic heterocycles. The third kappa shape index (κ3) is 3.86. The highest BCUT2D eigenvalue weighted by molar-refractivity contribution is 5.35. The predicted octanol–water partition coefficient (Wildman–Crippen LogP) is 2.88. The number of hydrogen-bond donors (Lipinski definition) is 1. The summed E-state index contributed by atoms with van der Waals surface area (Å²) in [7, 11) is 0. The lowest BCUT2D eigenvalue weighted by Crippen LogP contribution is -2.21. The van der Waals surface area contributed by atoms with Crippen molar-refractivity contribution in [1.82, 2.24) is 10.3 Å². The molecule has 0 saturated carbocycles. The van der Waals surface area contributed by atoms with E-state index in [1.165, 1.54) is 11.6 Å². The molecule has 5 heteroatoms. The SMILES string of the molecule is CC(NCCc1ccncc1)c1cccc([N+](=O)[O-])c1. The molecule has 2 rings (SSSR count). The zero-order valence-corrected chi connectivity index (χ0v) is 11.3. The number of pyridine rings is 1. The summed E-state index contributed by atoms with van der Waals surface area (Å²) in [4.78, 5) is 14.4. The molecular weight excluding hydrogens is 254 g/mol. The van der Waals surface area contributed by atoms with Crippen molar-refractivity contribution in [3.63, 3.8) is 0 Å². The van der Waals surface area contributed by atoms with E-state index in [-0.39, 0.29) is 16.7 Å². The third-order valence-electron chi connectivity index (χ3n) is 3.19. The summed E-state index contributed by atoms with van der Waals surface area (Å²) < 4.78 is 0. The van der Waals surface area contributed by atoms with Gasteiger partial charge in [0.1, 0.15) is 0 Å². The van der Waals surface area contributed by atoms with Gasteiger partial charge in [-0.15, -0.1) is 0 Å².